The molecule has 350 valence electrons. The number of hydrogen-bond acceptors (Lipinski definition) is 14. The molecule has 0 saturated carbocycles. The first-order valence-electron chi connectivity index (χ1n) is 21.9. The summed E-state index contributed by atoms with van der Waals surface area (Å²) in [4.78, 5) is 83.5. The van der Waals surface area contributed by atoms with E-state index in [1.165, 1.54) is 10.0 Å². The number of ether oxygens (including phenoxy) is 3. The second-order valence-corrected chi connectivity index (χ2v) is 23.8. The average molecular weight is 957 g/mol. The number of nitrogens with one attached hydrogen (secondary N) is 1. The van der Waals surface area contributed by atoms with Gasteiger partial charge in [0.15, 0.2) is 17.1 Å². The molecule has 1 aromatic carbocycles. The van der Waals surface area contributed by atoms with Crippen molar-refractivity contribution in [2.24, 2.45) is 22.7 Å². The molecule has 4 rings (SSSR count). The van der Waals surface area contributed by atoms with E-state index in [0.717, 1.165) is 72.7 Å². The Labute approximate surface area is 396 Å². The van der Waals surface area contributed by atoms with Gasteiger partial charge in [0.25, 0.3) is 11.8 Å². The number of nitrogens with zero attached hydrogens (tertiary/aromatic N) is 3. The lowest BCUT2D eigenvalue weighted by Gasteiger charge is -2.27. The summed E-state index contributed by atoms with van der Waals surface area (Å²) in [6.07, 6.45) is 3.89. The van der Waals surface area contributed by atoms with Crippen LogP contribution in [0.4, 0.5) is 0 Å². The van der Waals surface area contributed by atoms with Crippen LogP contribution in [0.5, 0.6) is 11.5 Å². The second kappa shape index (κ2) is 22.6. The van der Waals surface area contributed by atoms with Crippen molar-refractivity contribution in [1.82, 2.24) is 15.3 Å². The Kier molecular flexibility index (Phi) is 18.6. The molecule has 0 radical (unpaired) electrons. The molecule has 3 atom stereocenters. The van der Waals surface area contributed by atoms with Crippen LogP contribution in [-0.2, 0) is 33.5 Å². The van der Waals surface area contributed by atoms with E-state index in [-0.39, 0.29) is 74.5 Å². The van der Waals surface area contributed by atoms with Gasteiger partial charge < -0.3 is 19.5 Å². The van der Waals surface area contributed by atoms with Gasteiger partial charge in [-0.1, -0.05) is 136 Å². The van der Waals surface area contributed by atoms with Crippen LogP contribution in [0, 0.1) is 34.0 Å². The van der Waals surface area contributed by atoms with Gasteiger partial charge in [-0.2, -0.15) is 5.26 Å². The number of hydrazine groups is 1. The zero-order valence-corrected chi connectivity index (χ0v) is 42.6. The first-order chi connectivity index (χ1) is 29.9. The molecule has 1 fully saturated rings. The Balaban J connectivity index is 1.90. The SMILES string of the molecule is C=C(C)C(=O)NCC(C)OC(=O)C(C#N)=C1Sc2c(OC(=O)CC(C)CC(C)(C)C)c3c(c(OC(=O)CC(C)CC(C)(C)C)c2S1)SC(=C1C(=O)N(CCCC)N(CCCC)C1=O)S3. The number of carbonyl (C=O) groups excluding carboxylic acids is 6. The minimum Gasteiger partial charge on any atom is -0.457 e. The highest BCUT2D eigenvalue weighted by atomic mass is 32.2. The summed E-state index contributed by atoms with van der Waals surface area (Å²) in [6, 6.07) is 1.98. The maximum atomic E-state index is 14.2. The molecule has 1 saturated heterocycles. The molecule has 0 aromatic heterocycles. The maximum Gasteiger partial charge on any atom is 0.350 e. The molecule has 0 bridgehead atoms. The van der Waals surface area contributed by atoms with Crippen molar-refractivity contribution in [1.29, 1.82) is 5.26 Å². The quantitative estimate of drug-likeness (QED) is 0.0456. The van der Waals surface area contributed by atoms with Crippen LogP contribution in [-0.4, -0.2) is 71.4 Å². The molecule has 3 aliphatic heterocycles. The Morgan fingerprint density at radius 2 is 1.17 bits per heavy atom. The van der Waals surface area contributed by atoms with Gasteiger partial charge >= 0.3 is 17.9 Å². The fourth-order valence-electron chi connectivity index (χ4n) is 7.56. The smallest absolute Gasteiger partial charge is 0.350 e. The molecule has 3 heterocycles. The zero-order valence-electron chi connectivity index (χ0n) is 39.4. The second-order valence-electron chi connectivity index (χ2n) is 19.2. The predicted molar refractivity (Wildman–Crippen MR) is 253 cm³/mol. The average Bonchev–Trinajstić information content (AvgIpc) is 3.86. The molecule has 0 spiro atoms. The van der Waals surface area contributed by atoms with E-state index in [1.54, 1.807) is 13.8 Å². The minimum absolute atomic E-state index is 0.00492. The third-order valence-electron chi connectivity index (χ3n) is 10.0. The van der Waals surface area contributed by atoms with E-state index < -0.39 is 41.7 Å². The zero-order chi connectivity index (χ0) is 47.8. The van der Waals surface area contributed by atoms with Crippen LogP contribution in [0.25, 0.3) is 0 Å². The van der Waals surface area contributed by atoms with E-state index in [4.69, 9.17) is 14.2 Å². The van der Waals surface area contributed by atoms with Crippen LogP contribution in [0.1, 0.15) is 134 Å². The van der Waals surface area contributed by atoms with Gasteiger partial charge in [-0.05, 0) is 62.2 Å². The van der Waals surface area contributed by atoms with Gasteiger partial charge in [0, 0.05) is 31.5 Å². The number of nitriles is 1. The lowest BCUT2D eigenvalue weighted by atomic mass is 9.84. The normalized spacial score (nSPS) is 16.3. The van der Waals surface area contributed by atoms with Gasteiger partial charge in [0.1, 0.15) is 17.7 Å². The summed E-state index contributed by atoms with van der Waals surface area (Å²) in [5.74, 6) is -3.08. The van der Waals surface area contributed by atoms with Crippen molar-refractivity contribution in [2.45, 2.75) is 160 Å². The highest BCUT2D eigenvalue weighted by molar-refractivity contribution is 8.26. The van der Waals surface area contributed by atoms with Crippen molar-refractivity contribution in [3.63, 3.8) is 0 Å². The number of thioether (sulfide) groups is 4. The van der Waals surface area contributed by atoms with E-state index in [9.17, 15) is 34.0 Å². The van der Waals surface area contributed by atoms with E-state index in [2.05, 4.69) is 53.4 Å². The number of rotatable bonds is 19. The minimum atomic E-state index is -0.937. The fraction of sp³-hybridized carbons (Fsp3) is 0.596. The van der Waals surface area contributed by atoms with E-state index in [0.29, 0.717) is 49.8 Å². The molecule has 17 heteroatoms. The summed E-state index contributed by atoms with van der Waals surface area (Å²) >= 11 is 4.22. The number of fused-ring (bicyclic) bond motifs is 2. The first-order valence-corrected chi connectivity index (χ1v) is 25.2. The highest BCUT2D eigenvalue weighted by Crippen LogP contribution is 2.69. The molecule has 64 heavy (non-hydrogen) atoms. The summed E-state index contributed by atoms with van der Waals surface area (Å²) in [5, 5.41) is 16.1. The number of amides is 3. The van der Waals surface area contributed by atoms with Crippen molar-refractivity contribution in [3.8, 4) is 17.6 Å². The molecule has 1 N–H and O–H groups in total. The highest BCUT2D eigenvalue weighted by Gasteiger charge is 2.47. The molecule has 0 aliphatic carbocycles. The monoisotopic (exact) mass is 956 g/mol. The lowest BCUT2D eigenvalue weighted by Crippen LogP contribution is -2.42. The van der Waals surface area contributed by atoms with Crippen molar-refractivity contribution in [2.75, 3.05) is 19.6 Å². The Morgan fingerprint density at radius 1 is 0.750 bits per heavy atom. The number of esters is 3. The summed E-state index contributed by atoms with van der Waals surface area (Å²) < 4.78 is 18.8. The summed E-state index contributed by atoms with van der Waals surface area (Å²) in [7, 11) is 0. The van der Waals surface area contributed by atoms with Gasteiger partial charge in [-0.15, -0.1) is 0 Å². The fourth-order valence-corrected chi connectivity index (χ4v) is 13.0. The Morgan fingerprint density at radius 3 is 1.55 bits per heavy atom. The number of carbonyl (C=O) groups is 6. The number of unbranched alkanes of at least 4 members (excludes halogenated alkanes) is 2. The third-order valence-corrected chi connectivity index (χ3v) is 15.2. The van der Waals surface area contributed by atoms with E-state index >= 15 is 0 Å². The van der Waals surface area contributed by atoms with Crippen LogP contribution in [0.3, 0.4) is 0 Å². The Hall–Kier alpha value is -3.85. The van der Waals surface area contributed by atoms with Crippen LogP contribution in [0.15, 0.2) is 51.4 Å². The van der Waals surface area contributed by atoms with Crippen LogP contribution < -0.4 is 14.8 Å². The molecule has 13 nitrogen and oxygen atoms in total. The molecule has 1 aromatic rings. The topological polar surface area (TPSA) is 172 Å². The molecular formula is C47H64N4O9S4. The standard InChI is InChI=1S/C47H64N4O9S4/c1-14-16-18-50-41(55)33(42(56)51(50)19-17-15-2)45-63-38-34(59-31(52)20-27(5)22-46(8,9)10)36-37(35(39(38)64-45)60-32(53)21-28(6)23-47(11,12)13)62-44(61-36)30(24-48)43(57)58-29(7)25-49-40(54)26(3)4/h27-29H,3,14-23,25H2,1-2,4-13H3,(H,49,54). The van der Waals surface area contributed by atoms with Gasteiger partial charge in [-0.25, -0.2) is 14.8 Å². The summed E-state index contributed by atoms with van der Waals surface area (Å²) in [5.41, 5.74) is -0.156. The first kappa shape index (κ1) is 52.8. The third kappa shape index (κ3) is 13.8. The molecule has 3 aliphatic rings. The van der Waals surface area contributed by atoms with Crippen LogP contribution in [0.2, 0.25) is 0 Å². The number of benzene rings is 1. The maximum absolute atomic E-state index is 14.2. The van der Waals surface area contributed by atoms with Gasteiger partial charge in [0.05, 0.1) is 34.6 Å². The van der Waals surface area contributed by atoms with Gasteiger partial charge in [0.2, 0.25) is 5.91 Å². The Bertz CT molecular complexity index is 2040. The number of hydrogen-bond donors (Lipinski definition) is 1. The lowest BCUT2D eigenvalue weighted by molar-refractivity contribution is -0.147. The van der Waals surface area contributed by atoms with Crippen molar-refractivity contribution < 1.29 is 43.0 Å². The van der Waals surface area contributed by atoms with E-state index in [1.807, 2.05) is 33.8 Å². The predicted octanol–water partition coefficient (Wildman–Crippen LogP) is 10.6. The largest absolute Gasteiger partial charge is 0.457 e. The molecular weight excluding hydrogens is 893 g/mol. The molecule has 3 amide bonds. The van der Waals surface area contributed by atoms with Crippen LogP contribution >= 0.6 is 47.0 Å². The van der Waals surface area contributed by atoms with Gasteiger partial charge in [-0.3, -0.25) is 24.0 Å². The summed E-state index contributed by atoms with van der Waals surface area (Å²) in [6.45, 7) is 28.0. The van der Waals surface area contributed by atoms with Crippen molar-refractivity contribution >= 4 is 82.7 Å². The molecule has 3 unspecified atom stereocenters. The van der Waals surface area contributed by atoms with Crippen molar-refractivity contribution in [3.05, 3.63) is 31.8 Å².